The Hall–Kier alpha value is -3.20. The maximum atomic E-state index is 13.4. The van der Waals surface area contributed by atoms with Gasteiger partial charge in [-0.3, -0.25) is 24.5 Å². The molecule has 0 aliphatic carbocycles. The Balaban J connectivity index is 1.49. The number of ether oxygens (including phenoxy) is 2. The maximum Gasteiger partial charge on any atom is 0.255 e. The maximum absolute atomic E-state index is 13.4. The average Bonchev–Trinajstić information content (AvgIpc) is 3.24. The molecule has 1 atom stereocenters. The van der Waals surface area contributed by atoms with Gasteiger partial charge in [-0.2, -0.15) is 0 Å². The number of nitrogens with one attached hydrogen (secondary N) is 1. The van der Waals surface area contributed by atoms with Crippen LogP contribution in [0.1, 0.15) is 39.9 Å². The van der Waals surface area contributed by atoms with Crippen LogP contribution in [0.25, 0.3) is 0 Å². The van der Waals surface area contributed by atoms with Crippen LogP contribution >= 0.6 is 0 Å². The van der Waals surface area contributed by atoms with Crippen LogP contribution in [-0.4, -0.2) is 122 Å². The average molecular weight is 558 g/mol. The van der Waals surface area contributed by atoms with Crippen molar-refractivity contribution in [2.75, 3.05) is 19.8 Å². The number of imide groups is 1. The molecule has 42 heavy (non-hydrogen) atoms. The second-order valence-electron chi connectivity index (χ2n) is 12.7. The molecule has 0 radical (unpaired) electrons. The Morgan fingerprint density at radius 2 is 1.57 bits per heavy atom. The SMILES string of the molecule is Bc1c(B)c(C(B)(B)N2CCOCC2=O)c(B)c(B)c1C(B)(B)Oc1cccc2c1CN(C1CCC(=O)NC1=O)C2=O. The van der Waals surface area contributed by atoms with Gasteiger partial charge in [-0.05, 0) is 24.1 Å². The number of nitrogens with zero attached hydrogens (tertiary/aromatic N) is 2. The molecule has 2 aromatic rings. The number of fused-ring (bicyclic) bond motifs is 1. The summed E-state index contributed by atoms with van der Waals surface area (Å²) < 4.78 is 12.2. The topological polar surface area (TPSA) is 105 Å². The monoisotopic (exact) mass is 559 g/mol. The summed E-state index contributed by atoms with van der Waals surface area (Å²) in [5, 5.41) is 1.08. The molecular weight excluding hydrogens is 525 g/mol. The predicted molar refractivity (Wildman–Crippen MR) is 182 cm³/mol. The Morgan fingerprint density at radius 3 is 2.19 bits per heavy atom. The fraction of sp³-hybridized carbons (Fsp3) is 0.360. The van der Waals surface area contributed by atoms with E-state index < -0.39 is 22.7 Å². The van der Waals surface area contributed by atoms with E-state index in [4.69, 9.17) is 9.47 Å². The van der Waals surface area contributed by atoms with Crippen LogP contribution in [0.15, 0.2) is 18.2 Å². The van der Waals surface area contributed by atoms with Crippen LogP contribution in [0.4, 0.5) is 0 Å². The lowest BCUT2D eigenvalue weighted by Gasteiger charge is -2.45. The highest BCUT2D eigenvalue weighted by molar-refractivity contribution is 6.61. The van der Waals surface area contributed by atoms with Gasteiger partial charge in [-0.1, -0.05) is 33.5 Å². The van der Waals surface area contributed by atoms with E-state index in [2.05, 4.69) is 52.4 Å². The highest BCUT2D eigenvalue weighted by atomic mass is 16.5. The summed E-state index contributed by atoms with van der Waals surface area (Å²) in [5.74, 6) is -0.390. The molecule has 208 valence electrons. The van der Waals surface area contributed by atoms with Gasteiger partial charge in [-0.15, -0.1) is 0 Å². The highest BCUT2D eigenvalue weighted by Gasteiger charge is 2.42. The molecule has 2 saturated heterocycles. The fourth-order valence-corrected chi connectivity index (χ4v) is 7.36. The number of amides is 4. The molecule has 2 aromatic carbocycles. The molecule has 3 aliphatic heterocycles. The van der Waals surface area contributed by atoms with Crippen molar-refractivity contribution < 1.29 is 28.7 Å². The van der Waals surface area contributed by atoms with Gasteiger partial charge in [0.2, 0.25) is 17.7 Å². The normalized spacial score (nSPS) is 19.6. The molecule has 0 spiro atoms. The second kappa shape index (κ2) is 10.8. The van der Waals surface area contributed by atoms with Crippen molar-refractivity contribution in [3.63, 3.8) is 0 Å². The van der Waals surface area contributed by atoms with Gasteiger partial charge in [-0.25, -0.2) is 0 Å². The van der Waals surface area contributed by atoms with Crippen molar-refractivity contribution in [2.24, 2.45) is 0 Å². The number of morpholine rings is 1. The summed E-state index contributed by atoms with van der Waals surface area (Å²) in [6.45, 7) is 1.41. The van der Waals surface area contributed by atoms with Crippen molar-refractivity contribution in [1.29, 1.82) is 0 Å². The van der Waals surface area contributed by atoms with Crippen LogP contribution in [0, 0.1) is 0 Å². The van der Waals surface area contributed by atoms with E-state index in [1.165, 1.54) is 0 Å². The Labute approximate surface area is 253 Å². The first kappa shape index (κ1) is 30.3. The predicted octanol–water partition coefficient (Wildman–Crippen LogP) is -9.83. The van der Waals surface area contributed by atoms with Gasteiger partial charge in [0.25, 0.3) is 5.91 Å². The minimum Gasteiger partial charge on any atom is -0.501 e. The number of hydrogen-bond acceptors (Lipinski definition) is 6. The first-order valence-electron chi connectivity index (χ1n) is 14.6. The highest BCUT2D eigenvalue weighted by Crippen LogP contribution is 2.35. The first-order valence-corrected chi connectivity index (χ1v) is 14.6. The summed E-state index contributed by atoms with van der Waals surface area (Å²) in [4.78, 5) is 53.9. The number of piperidine rings is 1. The lowest BCUT2D eigenvalue weighted by Crippen LogP contribution is -2.63. The summed E-state index contributed by atoms with van der Waals surface area (Å²) in [6.07, 6.45) is 0.512. The van der Waals surface area contributed by atoms with Crippen molar-refractivity contribution in [3.05, 3.63) is 40.5 Å². The Morgan fingerprint density at radius 1 is 0.929 bits per heavy atom. The lowest BCUT2D eigenvalue weighted by molar-refractivity contribution is -0.145. The molecule has 2 fully saturated rings. The van der Waals surface area contributed by atoms with Crippen LogP contribution in [0.5, 0.6) is 5.75 Å². The minimum absolute atomic E-state index is 0.00747. The Kier molecular flexibility index (Phi) is 7.79. The van der Waals surface area contributed by atoms with Crippen molar-refractivity contribution in [2.45, 2.75) is 36.2 Å². The van der Waals surface area contributed by atoms with E-state index in [9.17, 15) is 19.2 Å². The van der Waals surface area contributed by atoms with E-state index in [1.807, 2.05) is 26.7 Å². The van der Waals surface area contributed by atoms with E-state index in [0.717, 1.165) is 38.5 Å². The molecule has 1 unspecified atom stereocenters. The standard InChI is InChI=1S/C25H33B8N3O6/c26-18-16(24(30,31)36-6-7-41-9-15(36)38)19(27)21(29)17(20(18)28)25(32,33)42-13-3-1-2-10-11(13)8-35(23(10)40)12-4-5-14(37)34-22(12)39/h1-3,12H,4-9,26-33H2,(H,34,37,39). The largest absolute Gasteiger partial charge is 0.501 e. The van der Waals surface area contributed by atoms with Crippen LogP contribution < -0.4 is 31.9 Å². The third-order valence-corrected chi connectivity index (χ3v) is 9.40. The Bertz CT molecular complexity index is 1500. The van der Waals surface area contributed by atoms with Crippen molar-refractivity contribution >= 4 is 108 Å². The molecule has 1 N–H and O–H groups in total. The molecule has 4 amide bonds. The number of carbonyl (C=O) groups is 4. The molecule has 3 aliphatic rings. The first-order chi connectivity index (χ1) is 19.7. The molecule has 5 rings (SSSR count). The molecule has 3 heterocycles. The van der Waals surface area contributed by atoms with Gasteiger partial charge in [0.15, 0.2) is 15.7 Å². The smallest absolute Gasteiger partial charge is 0.255 e. The van der Waals surface area contributed by atoms with Crippen LogP contribution in [0.2, 0.25) is 0 Å². The van der Waals surface area contributed by atoms with Crippen LogP contribution in [-0.2, 0) is 36.4 Å². The van der Waals surface area contributed by atoms with Crippen molar-refractivity contribution in [1.82, 2.24) is 15.1 Å². The molecule has 0 bridgehead atoms. The van der Waals surface area contributed by atoms with E-state index >= 15 is 0 Å². The molecule has 17 heteroatoms. The zero-order valence-electron chi connectivity index (χ0n) is 25.9. The molecule has 0 saturated carbocycles. The fourth-order valence-electron chi connectivity index (χ4n) is 7.36. The number of hydrogen-bond donors (Lipinski definition) is 1. The minimum atomic E-state index is -0.763. The van der Waals surface area contributed by atoms with Crippen molar-refractivity contribution in [3.8, 4) is 5.75 Å². The van der Waals surface area contributed by atoms with E-state index in [1.54, 1.807) is 17.0 Å². The number of benzene rings is 2. The second-order valence-corrected chi connectivity index (χ2v) is 12.7. The van der Waals surface area contributed by atoms with Crippen LogP contribution in [0.3, 0.4) is 0 Å². The van der Waals surface area contributed by atoms with Gasteiger partial charge in [0.1, 0.15) is 65.5 Å². The zero-order valence-corrected chi connectivity index (χ0v) is 25.9. The number of rotatable bonds is 6. The number of carbonyl (C=O) groups excluding carboxylic acids is 4. The molecule has 9 nitrogen and oxygen atoms in total. The summed E-state index contributed by atoms with van der Waals surface area (Å²) in [6, 6.07) is 4.75. The van der Waals surface area contributed by atoms with Gasteiger partial charge in [0, 0.05) is 29.4 Å². The van der Waals surface area contributed by atoms with Gasteiger partial charge >= 0.3 is 0 Å². The van der Waals surface area contributed by atoms with E-state index in [0.29, 0.717) is 30.9 Å². The molecular formula is C25H33B8N3O6. The molecule has 0 aromatic heterocycles. The summed E-state index contributed by atoms with van der Waals surface area (Å²) in [5.41, 5.74) is 7.89. The third kappa shape index (κ3) is 4.93. The quantitative estimate of drug-likeness (QED) is 0.279. The van der Waals surface area contributed by atoms with E-state index in [-0.39, 0.29) is 37.3 Å². The van der Waals surface area contributed by atoms with Gasteiger partial charge in [0.05, 0.1) is 18.6 Å². The lowest BCUT2D eigenvalue weighted by atomic mass is 9.46. The summed E-state index contributed by atoms with van der Waals surface area (Å²) >= 11 is 0. The van der Waals surface area contributed by atoms with Gasteiger partial charge < -0.3 is 19.3 Å². The third-order valence-electron chi connectivity index (χ3n) is 9.40. The summed E-state index contributed by atoms with van der Waals surface area (Å²) in [7, 11) is 16.7. The zero-order chi connectivity index (χ0) is 30.7.